The molecule has 1 N–H and O–H groups in total. The van der Waals surface area contributed by atoms with E-state index >= 15 is 0 Å². The van der Waals surface area contributed by atoms with Crippen molar-refractivity contribution in [3.63, 3.8) is 0 Å². The second-order valence-electron chi connectivity index (χ2n) is 4.98. The van der Waals surface area contributed by atoms with E-state index in [2.05, 4.69) is 39.1 Å². The van der Waals surface area contributed by atoms with Gasteiger partial charge in [-0.3, -0.25) is 0 Å². The van der Waals surface area contributed by atoms with Crippen LogP contribution in [-0.2, 0) is 6.54 Å². The van der Waals surface area contributed by atoms with Gasteiger partial charge in [0.1, 0.15) is 5.75 Å². The fourth-order valence-electron chi connectivity index (χ4n) is 1.81. The number of nitrogens with one attached hydrogen (secondary N) is 1. The van der Waals surface area contributed by atoms with Crippen LogP contribution in [0.1, 0.15) is 46.1 Å². The summed E-state index contributed by atoms with van der Waals surface area (Å²) in [5, 5.41) is 4.09. The average molecular weight is 270 g/mol. The highest BCUT2D eigenvalue weighted by atomic mass is 35.5. The summed E-state index contributed by atoms with van der Waals surface area (Å²) in [6.07, 6.45) is 2.36. The van der Waals surface area contributed by atoms with Gasteiger partial charge in [-0.25, -0.2) is 0 Å². The highest BCUT2D eigenvalue weighted by Crippen LogP contribution is 2.30. The van der Waals surface area contributed by atoms with Crippen molar-refractivity contribution in [2.45, 2.75) is 59.2 Å². The Morgan fingerprint density at radius 2 is 2.00 bits per heavy atom. The molecule has 0 saturated carbocycles. The maximum Gasteiger partial charge on any atom is 0.142 e. The molecule has 0 aliphatic rings. The Labute approximate surface area is 116 Å². The molecule has 0 heterocycles. The van der Waals surface area contributed by atoms with Crippen molar-refractivity contribution in [3.05, 3.63) is 28.8 Å². The first-order chi connectivity index (χ1) is 8.54. The fraction of sp³-hybridized carbons (Fsp3) is 0.600. The first-order valence-electron chi connectivity index (χ1n) is 6.72. The molecule has 0 fully saturated rings. The van der Waals surface area contributed by atoms with Gasteiger partial charge in [-0.05, 0) is 19.4 Å². The summed E-state index contributed by atoms with van der Waals surface area (Å²) >= 11 is 6.24. The van der Waals surface area contributed by atoms with Crippen LogP contribution in [0.15, 0.2) is 18.2 Å². The van der Waals surface area contributed by atoms with E-state index in [0.29, 0.717) is 11.1 Å². The summed E-state index contributed by atoms with van der Waals surface area (Å²) in [4.78, 5) is 0. The molecule has 1 rings (SSSR count). The number of hydrogen-bond donors (Lipinski definition) is 1. The monoisotopic (exact) mass is 269 g/mol. The zero-order valence-corrected chi connectivity index (χ0v) is 12.6. The van der Waals surface area contributed by atoms with Crippen LogP contribution in [0.5, 0.6) is 5.75 Å². The Morgan fingerprint density at radius 1 is 1.28 bits per heavy atom. The Bertz CT molecular complexity index is 366. The van der Waals surface area contributed by atoms with Gasteiger partial charge in [-0.2, -0.15) is 0 Å². The second-order valence-corrected chi connectivity index (χ2v) is 5.39. The van der Waals surface area contributed by atoms with Crippen molar-refractivity contribution >= 4 is 11.6 Å². The molecule has 1 atom stereocenters. The van der Waals surface area contributed by atoms with E-state index in [1.807, 2.05) is 12.1 Å². The van der Waals surface area contributed by atoms with Crippen molar-refractivity contribution in [2.24, 2.45) is 0 Å². The van der Waals surface area contributed by atoms with Crippen molar-refractivity contribution < 1.29 is 4.74 Å². The molecule has 0 spiro atoms. The number of para-hydroxylation sites is 1. The summed E-state index contributed by atoms with van der Waals surface area (Å²) in [5.74, 6) is 0.827. The minimum absolute atomic E-state index is 0.202. The Kier molecular flexibility index (Phi) is 6.51. The van der Waals surface area contributed by atoms with Crippen LogP contribution >= 0.6 is 11.6 Å². The molecule has 0 amide bonds. The van der Waals surface area contributed by atoms with Gasteiger partial charge in [-0.1, -0.05) is 50.9 Å². The minimum Gasteiger partial charge on any atom is -0.489 e. The maximum atomic E-state index is 6.24. The topological polar surface area (TPSA) is 21.3 Å². The molecular formula is C15H24ClNO. The quantitative estimate of drug-likeness (QED) is 0.792. The smallest absolute Gasteiger partial charge is 0.142 e. The molecular weight excluding hydrogens is 246 g/mol. The number of ether oxygens (including phenoxy) is 1. The van der Waals surface area contributed by atoms with Crippen molar-refractivity contribution in [1.82, 2.24) is 5.32 Å². The molecule has 1 unspecified atom stereocenters. The molecule has 0 aliphatic heterocycles. The Balaban J connectivity index is 2.79. The van der Waals surface area contributed by atoms with Crippen molar-refractivity contribution in [3.8, 4) is 5.75 Å². The molecule has 0 aliphatic carbocycles. The van der Waals surface area contributed by atoms with E-state index in [0.717, 1.165) is 30.7 Å². The largest absolute Gasteiger partial charge is 0.489 e. The summed E-state index contributed by atoms with van der Waals surface area (Å²) < 4.78 is 5.98. The normalized spacial score (nSPS) is 12.8. The highest BCUT2D eigenvalue weighted by molar-refractivity contribution is 6.32. The molecule has 18 heavy (non-hydrogen) atoms. The second kappa shape index (κ2) is 7.65. The zero-order chi connectivity index (χ0) is 13.5. The summed E-state index contributed by atoms with van der Waals surface area (Å²) in [5.41, 5.74) is 1.12. The van der Waals surface area contributed by atoms with Gasteiger partial charge < -0.3 is 10.1 Å². The van der Waals surface area contributed by atoms with E-state index in [1.165, 1.54) is 0 Å². The van der Waals surface area contributed by atoms with E-state index in [1.54, 1.807) is 0 Å². The molecule has 3 heteroatoms. The van der Waals surface area contributed by atoms with E-state index in [4.69, 9.17) is 16.3 Å². The summed E-state index contributed by atoms with van der Waals surface area (Å²) in [7, 11) is 0. The van der Waals surface area contributed by atoms with Gasteiger partial charge in [0, 0.05) is 18.2 Å². The molecule has 0 bridgehead atoms. The lowest BCUT2D eigenvalue weighted by Gasteiger charge is -2.19. The fourth-order valence-corrected chi connectivity index (χ4v) is 2.04. The molecule has 1 aromatic rings. The van der Waals surface area contributed by atoms with Gasteiger partial charge in [0.15, 0.2) is 0 Å². The van der Waals surface area contributed by atoms with Crippen LogP contribution in [0.25, 0.3) is 0 Å². The SMILES string of the molecule is CCCC(C)Oc1c(Cl)cccc1CNC(C)C. The van der Waals surface area contributed by atoms with Crippen molar-refractivity contribution in [1.29, 1.82) is 0 Å². The molecule has 0 saturated heterocycles. The Hall–Kier alpha value is -0.730. The molecule has 2 nitrogen and oxygen atoms in total. The summed E-state index contributed by atoms with van der Waals surface area (Å²) in [6, 6.07) is 6.37. The Morgan fingerprint density at radius 3 is 2.61 bits per heavy atom. The predicted molar refractivity (Wildman–Crippen MR) is 78.4 cm³/mol. The third-order valence-electron chi connectivity index (χ3n) is 2.76. The van der Waals surface area contributed by atoms with Gasteiger partial charge >= 0.3 is 0 Å². The molecule has 0 radical (unpaired) electrons. The van der Waals surface area contributed by atoms with Crippen molar-refractivity contribution in [2.75, 3.05) is 0 Å². The zero-order valence-electron chi connectivity index (χ0n) is 11.8. The molecule has 1 aromatic carbocycles. The van der Waals surface area contributed by atoms with Crippen LogP contribution in [-0.4, -0.2) is 12.1 Å². The number of rotatable bonds is 7. The van der Waals surface area contributed by atoms with Crippen LogP contribution in [0.2, 0.25) is 5.02 Å². The minimum atomic E-state index is 0.202. The van der Waals surface area contributed by atoms with E-state index in [9.17, 15) is 0 Å². The number of benzene rings is 1. The van der Waals surface area contributed by atoms with Gasteiger partial charge in [0.2, 0.25) is 0 Å². The molecule has 102 valence electrons. The lowest BCUT2D eigenvalue weighted by Crippen LogP contribution is -2.23. The summed E-state index contributed by atoms with van der Waals surface area (Å²) in [6.45, 7) is 9.29. The number of halogens is 1. The van der Waals surface area contributed by atoms with Crippen LogP contribution in [0.4, 0.5) is 0 Å². The highest BCUT2D eigenvalue weighted by Gasteiger charge is 2.12. The van der Waals surface area contributed by atoms with Crippen LogP contribution in [0, 0.1) is 0 Å². The van der Waals surface area contributed by atoms with Crippen LogP contribution < -0.4 is 10.1 Å². The predicted octanol–water partition coefficient (Wildman–Crippen LogP) is 4.41. The first kappa shape index (κ1) is 15.3. The average Bonchev–Trinajstić information content (AvgIpc) is 2.30. The standard InChI is InChI=1S/C15H24ClNO/c1-5-7-12(4)18-15-13(10-17-11(2)3)8-6-9-14(15)16/h6,8-9,11-12,17H,5,7,10H2,1-4H3. The third kappa shape index (κ3) is 4.87. The van der Waals surface area contributed by atoms with Gasteiger partial charge in [0.05, 0.1) is 11.1 Å². The van der Waals surface area contributed by atoms with Crippen LogP contribution in [0.3, 0.4) is 0 Å². The van der Waals surface area contributed by atoms with E-state index in [-0.39, 0.29) is 6.10 Å². The first-order valence-corrected chi connectivity index (χ1v) is 7.09. The number of hydrogen-bond acceptors (Lipinski definition) is 2. The van der Waals surface area contributed by atoms with Gasteiger partial charge in [-0.15, -0.1) is 0 Å². The lowest BCUT2D eigenvalue weighted by atomic mass is 10.1. The molecule has 0 aromatic heterocycles. The third-order valence-corrected chi connectivity index (χ3v) is 3.06. The maximum absolute atomic E-state index is 6.24. The van der Waals surface area contributed by atoms with E-state index < -0.39 is 0 Å². The lowest BCUT2D eigenvalue weighted by molar-refractivity contribution is 0.207. The van der Waals surface area contributed by atoms with Gasteiger partial charge in [0.25, 0.3) is 0 Å².